The zero-order valence-corrected chi connectivity index (χ0v) is 22.5. The Morgan fingerprint density at radius 1 is 0.750 bits per heavy atom. The first kappa shape index (κ1) is 25.6. The van der Waals surface area contributed by atoms with Crippen LogP contribution in [0, 0.1) is 23.7 Å². The molecule has 1 aliphatic heterocycles. The third kappa shape index (κ3) is 3.92. The number of benzene rings is 3. The number of nitrogens with zero attached hydrogens (tertiary/aromatic N) is 1. The zero-order chi connectivity index (χ0) is 28.0. The van der Waals surface area contributed by atoms with Gasteiger partial charge in [0.1, 0.15) is 11.5 Å². The molecule has 2 aliphatic carbocycles. The number of amides is 2. The normalized spacial score (nSPS) is 22.5. The van der Waals surface area contributed by atoms with Crippen molar-refractivity contribution in [1.82, 2.24) is 0 Å². The van der Waals surface area contributed by atoms with E-state index in [4.69, 9.17) is 14.2 Å². The molecule has 2 amide bonds. The van der Waals surface area contributed by atoms with Crippen LogP contribution in [0.5, 0.6) is 11.5 Å². The van der Waals surface area contributed by atoms with Gasteiger partial charge in [-0.25, -0.2) is 9.69 Å². The summed E-state index contributed by atoms with van der Waals surface area (Å²) < 4.78 is 16.0. The predicted molar refractivity (Wildman–Crippen MR) is 150 cm³/mol. The maximum atomic E-state index is 14.0. The third-order valence-corrected chi connectivity index (χ3v) is 8.10. The summed E-state index contributed by atoms with van der Waals surface area (Å²) in [4.78, 5) is 41.8. The summed E-state index contributed by atoms with van der Waals surface area (Å²) in [7, 11) is 3.26. The smallest absolute Gasteiger partial charge is 0.340 e. The van der Waals surface area contributed by atoms with Crippen molar-refractivity contribution < 1.29 is 28.6 Å². The molecule has 1 heterocycles. The molecule has 0 radical (unpaired) electrons. The van der Waals surface area contributed by atoms with E-state index in [2.05, 4.69) is 12.2 Å². The van der Waals surface area contributed by atoms with E-state index in [1.807, 2.05) is 48.5 Å². The van der Waals surface area contributed by atoms with Crippen LogP contribution in [0.3, 0.4) is 0 Å². The first-order valence-corrected chi connectivity index (χ1v) is 13.3. The van der Waals surface area contributed by atoms with Gasteiger partial charge < -0.3 is 14.2 Å². The lowest BCUT2D eigenvalue weighted by Crippen LogP contribution is -2.34. The van der Waals surface area contributed by atoms with Crippen molar-refractivity contribution in [2.45, 2.75) is 6.92 Å². The van der Waals surface area contributed by atoms with Crippen molar-refractivity contribution in [1.29, 1.82) is 0 Å². The van der Waals surface area contributed by atoms with E-state index >= 15 is 0 Å². The van der Waals surface area contributed by atoms with Gasteiger partial charge >= 0.3 is 5.97 Å². The van der Waals surface area contributed by atoms with Gasteiger partial charge in [0.25, 0.3) is 0 Å². The van der Waals surface area contributed by atoms with Gasteiger partial charge in [-0.05, 0) is 65.6 Å². The second kappa shape index (κ2) is 10.2. The number of esters is 1. The van der Waals surface area contributed by atoms with Crippen molar-refractivity contribution in [3.8, 4) is 11.5 Å². The topological polar surface area (TPSA) is 82.1 Å². The fraction of sp³-hybridized carbons (Fsp3) is 0.242. The minimum Gasteiger partial charge on any atom is -0.497 e. The Balaban J connectivity index is 1.45. The van der Waals surface area contributed by atoms with Gasteiger partial charge in [-0.2, -0.15) is 0 Å². The Labute approximate surface area is 232 Å². The molecule has 0 unspecified atom stereocenters. The van der Waals surface area contributed by atoms with Crippen molar-refractivity contribution in [3.05, 3.63) is 107 Å². The van der Waals surface area contributed by atoms with Crippen LogP contribution in [0.2, 0.25) is 0 Å². The quantitative estimate of drug-likeness (QED) is 0.232. The van der Waals surface area contributed by atoms with Crippen molar-refractivity contribution >= 4 is 29.0 Å². The summed E-state index contributed by atoms with van der Waals surface area (Å²) in [6.45, 7) is 1.92. The predicted octanol–water partition coefficient (Wildman–Crippen LogP) is 5.30. The molecule has 1 saturated heterocycles. The number of hydrogen-bond donors (Lipinski definition) is 0. The third-order valence-electron chi connectivity index (χ3n) is 8.10. The molecule has 202 valence electrons. The minimum atomic E-state index is -0.557. The van der Waals surface area contributed by atoms with E-state index in [0.29, 0.717) is 0 Å². The highest BCUT2D eigenvalue weighted by atomic mass is 16.5. The van der Waals surface area contributed by atoms with Crippen molar-refractivity contribution in [3.63, 3.8) is 0 Å². The van der Waals surface area contributed by atoms with E-state index in [1.54, 1.807) is 45.4 Å². The van der Waals surface area contributed by atoms with E-state index in [1.165, 1.54) is 4.90 Å². The molecular weight excluding hydrogens is 506 g/mol. The van der Waals surface area contributed by atoms with Crippen LogP contribution in [0.15, 0.2) is 90.5 Å². The zero-order valence-electron chi connectivity index (χ0n) is 22.5. The van der Waals surface area contributed by atoms with Crippen LogP contribution in [0.4, 0.5) is 5.69 Å². The molecule has 3 aromatic carbocycles. The van der Waals surface area contributed by atoms with Gasteiger partial charge in [0, 0.05) is 11.8 Å². The van der Waals surface area contributed by atoms with E-state index < -0.39 is 17.8 Å². The number of hydrogen-bond acceptors (Lipinski definition) is 6. The van der Waals surface area contributed by atoms with Gasteiger partial charge in [-0.1, -0.05) is 48.6 Å². The van der Waals surface area contributed by atoms with Crippen LogP contribution >= 0.6 is 0 Å². The Bertz CT molecular complexity index is 1470. The summed E-state index contributed by atoms with van der Waals surface area (Å²) in [6, 6.07) is 22.3. The van der Waals surface area contributed by atoms with Crippen molar-refractivity contribution in [2.75, 3.05) is 25.7 Å². The summed E-state index contributed by atoms with van der Waals surface area (Å²) >= 11 is 0. The highest BCUT2D eigenvalue weighted by Crippen LogP contribution is 2.59. The number of methoxy groups -OCH3 is 2. The number of ether oxygens (including phenoxy) is 3. The standard InChI is InChI=1S/C33H29NO6/c1-4-40-33(37)23-7-5-6-8-26(23)34-31(35)29-24-17-18-25(30(29)32(34)36)28(24)27(19-9-13-21(38-2)14-10-19)20-11-15-22(39-3)16-12-20/h5-18,24-25,29-30H,4H2,1-3H3/t24-,25+,29-,30-/m0/s1. The molecule has 3 aliphatic rings. The van der Waals surface area contributed by atoms with Gasteiger partial charge in [0.05, 0.1) is 43.9 Å². The molecule has 1 saturated carbocycles. The van der Waals surface area contributed by atoms with Gasteiger partial charge in [-0.15, -0.1) is 0 Å². The number of fused-ring (bicyclic) bond motifs is 5. The van der Waals surface area contributed by atoms with E-state index in [-0.39, 0.29) is 41.5 Å². The molecule has 3 aromatic rings. The highest BCUT2D eigenvalue weighted by molar-refractivity contribution is 6.25. The SMILES string of the molecule is CCOC(=O)c1ccccc1N1C(=O)[C@@H]2[C@@H](C1=O)[C@H]1C=C[C@@H]2C1=C(c1ccc(OC)cc1)c1ccc(OC)cc1. The summed E-state index contributed by atoms with van der Waals surface area (Å²) in [5.41, 5.74) is 4.50. The van der Waals surface area contributed by atoms with Crippen molar-refractivity contribution in [2.24, 2.45) is 23.7 Å². The summed E-state index contributed by atoms with van der Waals surface area (Å²) in [6.07, 6.45) is 4.11. The number of allylic oxidation sites excluding steroid dienone is 3. The molecule has 40 heavy (non-hydrogen) atoms. The minimum absolute atomic E-state index is 0.196. The molecule has 4 atom stereocenters. The number of para-hydroxylation sites is 1. The molecule has 0 N–H and O–H groups in total. The van der Waals surface area contributed by atoms with E-state index in [9.17, 15) is 14.4 Å². The highest BCUT2D eigenvalue weighted by Gasteiger charge is 2.62. The van der Waals surface area contributed by atoms with E-state index in [0.717, 1.165) is 33.8 Å². The Morgan fingerprint density at radius 3 is 1.73 bits per heavy atom. The number of rotatable bonds is 7. The molecule has 0 spiro atoms. The first-order chi connectivity index (χ1) is 19.5. The molecule has 7 nitrogen and oxygen atoms in total. The number of imide groups is 1. The van der Waals surface area contributed by atoms with Crippen LogP contribution in [0.1, 0.15) is 28.4 Å². The molecule has 0 aromatic heterocycles. The summed E-state index contributed by atoms with van der Waals surface area (Å²) in [5.74, 6) is -1.22. The Hall–Kier alpha value is -4.65. The second-order valence-electron chi connectivity index (χ2n) is 10.0. The fourth-order valence-electron chi connectivity index (χ4n) is 6.40. The van der Waals surface area contributed by atoms with Gasteiger partial charge in [0.2, 0.25) is 11.8 Å². The lowest BCUT2D eigenvalue weighted by molar-refractivity contribution is -0.122. The first-order valence-electron chi connectivity index (χ1n) is 13.3. The molecule has 2 bridgehead atoms. The lowest BCUT2D eigenvalue weighted by Gasteiger charge is -2.23. The monoisotopic (exact) mass is 535 g/mol. The van der Waals surface area contributed by atoms with Gasteiger partial charge in [-0.3, -0.25) is 9.59 Å². The maximum absolute atomic E-state index is 14.0. The number of carbonyl (C=O) groups is 3. The molecular formula is C33H29NO6. The second-order valence-corrected chi connectivity index (χ2v) is 10.0. The molecule has 6 rings (SSSR count). The average molecular weight is 536 g/mol. The lowest BCUT2D eigenvalue weighted by atomic mass is 9.85. The number of carbonyl (C=O) groups excluding carboxylic acids is 3. The Morgan fingerprint density at radius 2 is 1.25 bits per heavy atom. The molecule has 2 fully saturated rings. The van der Waals surface area contributed by atoms with Gasteiger partial charge in [0.15, 0.2) is 0 Å². The van der Waals surface area contributed by atoms with Crippen LogP contribution in [0.25, 0.3) is 5.57 Å². The Kier molecular flexibility index (Phi) is 6.50. The maximum Gasteiger partial charge on any atom is 0.340 e. The largest absolute Gasteiger partial charge is 0.497 e. The van der Waals surface area contributed by atoms with Crippen LogP contribution in [-0.4, -0.2) is 38.6 Å². The molecule has 7 heteroatoms. The fourth-order valence-corrected chi connectivity index (χ4v) is 6.40. The summed E-state index contributed by atoms with van der Waals surface area (Å²) in [5, 5.41) is 0. The number of anilines is 1. The van der Waals surface area contributed by atoms with Crippen LogP contribution in [-0.2, 0) is 14.3 Å². The average Bonchev–Trinajstić information content (AvgIpc) is 3.62. The van der Waals surface area contributed by atoms with Crippen LogP contribution < -0.4 is 14.4 Å².